The maximum absolute atomic E-state index is 13.4. The molecule has 2 aromatic rings. The zero-order valence-corrected chi connectivity index (χ0v) is 15.0. The summed E-state index contributed by atoms with van der Waals surface area (Å²) < 4.78 is 13.4. The predicted molar refractivity (Wildman–Crippen MR) is 99.6 cm³/mol. The van der Waals surface area contributed by atoms with Crippen molar-refractivity contribution in [3.05, 3.63) is 65.7 Å². The van der Waals surface area contributed by atoms with Crippen LogP contribution in [-0.2, 0) is 10.2 Å². The van der Waals surface area contributed by atoms with Crippen molar-refractivity contribution in [1.29, 1.82) is 0 Å². The number of nitrogens with one attached hydrogen (secondary N) is 1. The Balaban J connectivity index is 0.00000144. The minimum atomic E-state index is -0.785. The van der Waals surface area contributed by atoms with Gasteiger partial charge in [0, 0.05) is 6.20 Å². The summed E-state index contributed by atoms with van der Waals surface area (Å²) in [6, 6.07) is 10.9. The Morgan fingerprint density at radius 1 is 1.25 bits per heavy atom. The van der Waals surface area contributed by atoms with Gasteiger partial charge in [-0.2, -0.15) is 27.0 Å². The number of carbonyl (C=O) groups excluding carboxylic acids is 1. The second-order valence-electron chi connectivity index (χ2n) is 5.77. The lowest BCUT2D eigenvalue weighted by atomic mass is 9.77. The van der Waals surface area contributed by atoms with Gasteiger partial charge in [0.25, 0.3) is 5.91 Å². The number of rotatable bonds is 3. The van der Waals surface area contributed by atoms with E-state index in [-0.39, 0.29) is 38.7 Å². The lowest BCUT2D eigenvalue weighted by molar-refractivity contribution is -0.135. The maximum Gasteiger partial charge on any atom is 0.253 e. The molecule has 130 valence electrons. The van der Waals surface area contributed by atoms with Crippen molar-refractivity contribution in [1.82, 2.24) is 10.5 Å². The summed E-state index contributed by atoms with van der Waals surface area (Å²) >= 11 is 0. The zero-order chi connectivity index (χ0) is 15.6. The molecule has 1 aliphatic carbocycles. The van der Waals surface area contributed by atoms with Crippen LogP contribution in [0.2, 0.25) is 0 Å². The Hall–Kier alpha value is -1.57. The topological polar surface area (TPSA) is 62.2 Å². The minimum Gasteiger partial charge on any atom is -0.289 e. The minimum absolute atomic E-state index is 0. The van der Waals surface area contributed by atoms with Gasteiger partial charge in [-0.25, -0.2) is 9.87 Å². The quantitative estimate of drug-likeness (QED) is 0.646. The number of hydrogen-bond acceptors (Lipinski definition) is 3. The van der Waals surface area contributed by atoms with Gasteiger partial charge in [0.1, 0.15) is 5.82 Å². The van der Waals surface area contributed by atoms with Crippen LogP contribution in [0.4, 0.5) is 4.39 Å². The molecule has 7 heteroatoms. The van der Waals surface area contributed by atoms with Crippen molar-refractivity contribution in [2.24, 2.45) is 0 Å². The largest absolute Gasteiger partial charge is 0.289 e. The van der Waals surface area contributed by atoms with E-state index in [2.05, 4.69) is 4.98 Å². The molecule has 0 spiro atoms. The third-order valence-electron chi connectivity index (χ3n) is 4.57. The third-order valence-corrected chi connectivity index (χ3v) is 4.57. The fraction of sp³-hybridized carbons (Fsp3) is 0.294. The Bertz CT molecular complexity index is 687. The van der Waals surface area contributed by atoms with Crippen molar-refractivity contribution in [2.75, 3.05) is 0 Å². The third kappa shape index (κ3) is 3.74. The highest BCUT2D eigenvalue weighted by Gasteiger charge is 2.47. The second kappa shape index (κ2) is 8.50. The second-order valence-corrected chi connectivity index (χ2v) is 5.77. The van der Waals surface area contributed by atoms with Crippen LogP contribution in [0.15, 0.2) is 48.8 Å². The van der Waals surface area contributed by atoms with Crippen LogP contribution in [0.25, 0.3) is 0 Å². The summed E-state index contributed by atoms with van der Waals surface area (Å²) in [7, 11) is 0. The molecular formula is C17H21FN2O2S2. The molecule has 2 atom stereocenters. The number of carbonyl (C=O) groups is 1. The van der Waals surface area contributed by atoms with Crippen molar-refractivity contribution >= 4 is 32.9 Å². The van der Waals surface area contributed by atoms with Crippen LogP contribution >= 0.6 is 27.0 Å². The van der Waals surface area contributed by atoms with E-state index < -0.39 is 11.3 Å². The molecule has 1 saturated carbocycles. The van der Waals surface area contributed by atoms with E-state index in [0.29, 0.717) is 12.8 Å². The Labute approximate surface area is 154 Å². The highest BCUT2D eigenvalue weighted by molar-refractivity contribution is 7.59. The monoisotopic (exact) mass is 368 g/mol. The van der Waals surface area contributed by atoms with E-state index in [1.165, 1.54) is 12.3 Å². The van der Waals surface area contributed by atoms with Crippen LogP contribution < -0.4 is 5.48 Å². The Morgan fingerprint density at radius 2 is 1.96 bits per heavy atom. The first-order valence-corrected chi connectivity index (χ1v) is 7.26. The molecule has 1 aromatic carbocycles. The van der Waals surface area contributed by atoms with Crippen molar-refractivity contribution < 1.29 is 14.4 Å². The van der Waals surface area contributed by atoms with Gasteiger partial charge in [0.05, 0.1) is 11.6 Å². The summed E-state index contributed by atoms with van der Waals surface area (Å²) in [5, 5.41) is 9.15. The first kappa shape index (κ1) is 20.5. The normalized spacial score (nSPS) is 22.2. The average molecular weight is 368 g/mol. The number of halogens is 1. The first-order valence-electron chi connectivity index (χ1n) is 7.26. The van der Waals surface area contributed by atoms with Crippen LogP contribution in [0, 0.1) is 5.82 Å². The molecule has 0 unspecified atom stereocenters. The molecule has 1 amide bonds. The van der Waals surface area contributed by atoms with Crippen LogP contribution in [-0.4, -0.2) is 16.1 Å². The molecule has 3 rings (SSSR count). The van der Waals surface area contributed by atoms with Gasteiger partial charge >= 0.3 is 0 Å². The van der Waals surface area contributed by atoms with E-state index in [4.69, 9.17) is 5.21 Å². The molecule has 24 heavy (non-hydrogen) atoms. The summed E-state index contributed by atoms with van der Waals surface area (Å²) in [5.41, 5.74) is 2.68. The fourth-order valence-corrected chi connectivity index (χ4v) is 3.45. The molecule has 2 N–H and O–H groups in total. The molecule has 0 bridgehead atoms. The zero-order valence-electron chi connectivity index (χ0n) is 13.0. The molecular weight excluding hydrogens is 347 g/mol. The van der Waals surface area contributed by atoms with Gasteiger partial charge in [0.15, 0.2) is 0 Å². The van der Waals surface area contributed by atoms with Crippen LogP contribution in [0.5, 0.6) is 0 Å². The lowest BCUT2D eigenvalue weighted by Gasteiger charge is -2.27. The standard InChI is InChI=1S/C17H17FN2O2.2H2S/c18-15-8-13(10-19-11-15)12-6-7-17(9-12,16(21)20-22)14-4-2-1-3-5-14;;/h1-5,8,10-12,22H,6-7,9H2,(H,20,21);2*1H2/t12-,17-;;/m0../s1. The SMILES string of the molecule is O=C(NO)[C@@]1(c2ccccc2)CC[C@H](c2cncc(F)c2)C1.S.S. The van der Waals surface area contributed by atoms with Crippen molar-refractivity contribution in [3.8, 4) is 0 Å². The van der Waals surface area contributed by atoms with Crippen LogP contribution in [0.1, 0.15) is 36.3 Å². The Kier molecular flexibility index (Phi) is 7.26. The highest BCUT2D eigenvalue weighted by atomic mass is 32.1. The fourth-order valence-electron chi connectivity index (χ4n) is 3.45. The summed E-state index contributed by atoms with van der Waals surface area (Å²) in [6.45, 7) is 0. The molecule has 0 radical (unpaired) electrons. The van der Waals surface area contributed by atoms with E-state index in [1.807, 2.05) is 30.3 Å². The number of amides is 1. The van der Waals surface area contributed by atoms with Gasteiger partial charge in [-0.3, -0.25) is 15.0 Å². The predicted octanol–water partition coefficient (Wildman–Crippen LogP) is 3.16. The number of hydrogen-bond donors (Lipinski definition) is 2. The van der Waals surface area contributed by atoms with E-state index in [9.17, 15) is 9.18 Å². The number of benzene rings is 1. The summed E-state index contributed by atoms with van der Waals surface area (Å²) in [6.07, 6.45) is 4.68. The first-order chi connectivity index (χ1) is 10.7. The maximum atomic E-state index is 13.4. The van der Waals surface area contributed by atoms with Gasteiger partial charge in [0.2, 0.25) is 0 Å². The number of aromatic nitrogens is 1. The molecule has 1 aromatic heterocycles. The van der Waals surface area contributed by atoms with E-state index in [1.54, 1.807) is 11.7 Å². The molecule has 4 nitrogen and oxygen atoms in total. The van der Waals surface area contributed by atoms with Crippen molar-refractivity contribution in [2.45, 2.75) is 30.6 Å². The number of nitrogens with zero attached hydrogens (tertiary/aromatic N) is 1. The van der Waals surface area contributed by atoms with Crippen LogP contribution in [0.3, 0.4) is 0 Å². The van der Waals surface area contributed by atoms with Crippen molar-refractivity contribution in [3.63, 3.8) is 0 Å². The van der Waals surface area contributed by atoms with Gasteiger partial charge in [-0.1, -0.05) is 30.3 Å². The summed E-state index contributed by atoms with van der Waals surface area (Å²) in [5.74, 6) is -0.743. The van der Waals surface area contributed by atoms with E-state index in [0.717, 1.165) is 17.5 Å². The highest BCUT2D eigenvalue weighted by Crippen LogP contribution is 2.48. The number of pyridine rings is 1. The molecule has 0 saturated heterocycles. The lowest BCUT2D eigenvalue weighted by Crippen LogP contribution is -2.41. The number of hydroxylamine groups is 1. The molecule has 1 aliphatic rings. The van der Waals surface area contributed by atoms with E-state index >= 15 is 0 Å². The van der Waals surface area contributed by atoms with Gasteiger partial charge < -0.3 is 0 Å². The van der Waals surface area contributed by atoms with Gasteiger partial charge in [-0.05, 0) is 42.4 Å². The Morgan fingerprint density at radius 3 is 2.58 bits per heavy atom. The average Bonchev–Trinajstić information content (AvgIpc) is 3.01. The molecule has 1 fully saturated rings. The van der Waals surface area contributed by atoms with Gasteiger partial charge in [-0.15, -0.1) is 0 Å². The molecule has 1 heterocycles. The summed E-state index contributed by atoms with van der Waals surface area (Å²) in [4.78, 5) is 16.2. The smallest absolute Gasteiger partial charge is 0.253 e. The molecule has 0 aliphatic heterocycles.